The molecule has 0 spiro atoms. The van der Waals surface area contributed by atoms with Gasteiger partial charge in [0, 0.05) is 22.6 Å². The number of hydrogen-bond acceptors (Lipinski definition) is 3. The smallest absolute Gasteiger partial charge is 0.248 e. The molecule has 0 saturated carbocycles. The number of aryl methyl sites for hydroxylation is 1. The molecule has 0 radical (unpaired) electrons. The molecule has 0 unspecified atom stereocenters. The molecule has 0 aliphatic heterocycles. The third-order valence-corrected chi connectivity index (χ3v) is 5.42. The van der Waals surface area contributed by atoms with Crippen molar-refractivity contribution in [3.05, 3.63) is 35.2 Å². The lowest BCUT2D eigenvalue weighted by atomic mass is 10.1. The van der Waals surface area contributed by atoms with Crippen molar-refractivity contribution in [3.63, 3.8) is 0 Å². The summed E-state index contributed by atoms with van der Waals surface area (Å²) in [6.45, 7) is 2.25. The summed E-state index contributed by atoms with van der Waals surface area (Å²) in [6, 6.07) is 6.35. The van der Waals surface area contributed by atoms with Crippen molar-refractivity contribution < 1.29 is 4.42 Å². The first-order valence-corrected chi connectivity index (χ1v) is 11.1. The Balaban J connectivity index is 1.89. The van der Waals surface area contributed by atoms with Gasteiger partial charge in [-0.25, -0.2) is 0 Å². The van der Waals surface area contributed by atoms with Crippen molar-refractivity contribution in [1.29, 1.82) is 0 Å². The highest BCUT2D eigenvalue weighted by Gasteiger charge is 2.13. The van der Waals surface area contributed by atoms with Crippen LogP contribution in [0.3, 0.4) is 0 Å². The Morgan fingerprint density at radius 1 is 0.917 bits per heavy atom. The summed E-state index contributed by atoms with van der Waals surface area (Å²) >= 11 is 7.04. The van der Waals surface area contributed by atoms with Gasteiger partial charge in [-0.1, -0.05) is 89.4 Å². The highest BCUT2D eigenvalue weighted by atomic mass is 79.9. The minimum absolute atomic E-state index is 0.630. The van der Waals surface area contributed by atoms with Crippen molar-refractivity contribution in [3.8, 4) is 11.5 Å². The van der Waals surface area contributed by atoms with Gasteiger partial charge in [0.2, 0.25) is 11.8 Å². The fraction of sp³-hybridized carbons (Fsp3) is 0.579. The number of nitrogens with zero attached hydrogens (tertiary/aromatic N) is 2. The summed E-state index contributed by atoms with van der Waals surface area (Å²) in [6.07, 6.45) is 9.92. The van der Waals surface area contributed by atoms with E-state index < -0.39 is 0 Å². The first-order valence-electron chi connectivity index (χ1n) is 8.85. The molecule has 132 valence electrons. The lowest BCUT2D eigenvalue weighted by molar-refractivity contribution is 0.486. The van der Waals surface area contributed by atoms with Crippen molar-refractivity contribution in [1.82, 2.24) is 10.2 Å². The predicted molar refractivity (Wildman–Crippen MR) is 107 cm³/mol. The second-order valence-electron chi connectivity index (χ2n) is 6.13. The van der Waals surface area contributed by atoms with Gasteiger partial charge >= 0.3 is 0 Å². The van der Waals surface area contributed by atoms with E-state index in [1.54, 1.807) is 0 Å². The maximum atomic E-state index is 5.90. The van der Waals surface area contributed by atoms with Crippen LogP contribution in [0.4, 0.5) is 0 Å². The standard InChI is InChI=1S/C19H26Br2N2O/c1-2-3-4-5-6-7-8-9-18-22-23-19(24-18)17-12-15(13-20)10-11-16(17)14-21/h10-12H,2-9,13-14H2,1H3. The van der Waals surface area contributed by atoms with E-state index >= 15 is 0 Å². The van der Waals surface area contributed by atoms with Crippen LogP contribution < -0.4 is 0 Å². The fourth-order valence-corrected chi connectivity index (χ4v) is 3.56. The zero-order valence-corrected chi connectivity index (χ0v) is 17.5. The lowest BCUT2D eigenvalue weighted by Crippen LogP contribution is -1.89. The van der Waals surface area contributed by atoms with E-state index in [0.717, 1.165) is 35.0 Å². The minimum Gasteiger partial charge on any atom is -0.421 e. The molecule has 0 fully saturated rings. The van der Waals surface area contributed by atoms with E-state index in [-0.39, 0.29) is 0 Å². The largest absolute Gasteiger partial charge is 0.421 e. The maximum Gasteiger partial charge on any atom is 0.248 e. The van der Waals surface area contributed by atoms with Crippen LogP contribution in [0.25, 0.3) is 11.5 Å². The summed E-state index contributed by atoms with van der Waals surface area (Å²) in [5, 5.41) is 10.1. The average molecular weight is 458 g/mol. The molecule has 1 aromatic carbocycles. The number of alkyl halides is 2. The Bertz CT molecular complexity index is 613. The van der Waals surface area contributed by atoms with Crippen molar-refractivity contribution in [2.24, 2.45) is 0 Å². The van der Waals surface area contributed by atoms with Crippen LogP contribution in [0, 0.1) is 0 Å². The SMILES string of the molecule is CCCCCCCCCc1nnc(-c2cc(CBr)ccc2CBr)o1. The zero-order chi connectivity index (χ0) is 17.2. The lowest BCUT2D eigenvalue weighted by Gasteiger charge is -2.05. The van der Waals surface area contributed by atoms with Gasteiger partial charge in [0.15, 0.2) is 0 Å². The molecule has 1 aromatic heterocycles. The molecule has 0 atom stereocenters. The number of benzene rings is 1. The molecule has 2 rings (SSSR count). The second kappa shape index (κ2) is 11.0. The fourth-order valence-electron chi connectivity index (χ4n) is 2.72. The summed E-state index contributed by atoms with van der Waals surface area (Å²) in [5.74, 6) is 1.38. The van der Waals surface area contributed by atoms with E-state index in [1.807, 2.05) is 0 Å². The molecule has 0 bridgehead atoms. The van der Waals surface area contributed by atoms with Crippen molar-refractivity contribution >= 4 is 31.9 Å². The molecule has 0 saturated heterocycles. The van der Waals surface area contributed by atoms with Gasteiger partial charge in [-0.05, 0) is 23.6 Å². The summed E-state index contributed by atoms with van der Waals surface area (Å²) in [4.78, 5) is 0. The van der Waals surface area contributed by atoms with Gasteiger partial charge in [-0.2, -0.15) is 0 Å². The van der Waals surface area contributed by atoms with E-state index in [9.17, 15) is 0 Å². The Labute approximate surface area is 161 Å². The summed E-state index contributed by atoms with van der Waals surface area (Å²) in [5.41, 5.74) is 3.41. The Hall–Kier alpha value is -0.680. The van der Waals surface area contributed by atoms with Gasteiger partial charge in [-0.15, -0.1) is 10.2 Å². The number of unbranched alkanes of at least 4 members (excludes halogenated alkanes) is 6. The highest BCUT2D eigenvalue weighted by Crippen LogP contribution is 2.27. The summed E-state index contributed by atoms with van der Waals surface area (Å²) < 4.78 is 5.90. The third kappa shape index (κ3) is 5.99. The van der Waals surface area contributed by atoms with Crippen LogP contribution in [0.5, 0.6) is 0 Å². The monoisotopic (exact) mass is 456 g/mol. The molecule has 0 N–H and O–H groups in total. The Morgan fingerprint density at radius 2 is 1.67 bits per heavy atom. The van der Waals surface area contributed by atoms with Crippen LogP contribution in [-0.2, 0) is 17.1 Å². The van der Waals surface area contributed by atoms with E-state index in [2.05, 4.69) is 67.2 Å². The molecule has 0 amide bonds. The first-order chi connectivity index (χ1) is 11.8. The highest BCUT2D eigenvalue weighted by molar-refractivity contribution is 9.08. The predicted octanol–water partition coefficient (Wildman–Crippen LogP) is 6.82. The van der Waals surface area contributed by atoms with Crippen molar-refractivity contribution in [2.45, 2.75) is 69.0 Å². The molecule has 3 nitrogen and oxygen atoms in total. The van der Waals surface area contributed by atoms with Crippen molar-refractivity contribution in [2.75, 3.05) is 0 Å². The third-order valence-electron chi connectivity index (χ3n) is 4.16. The normalized spacial score (nSPS) is 11.1. The number of rotatable bonds is 11. The van der Waals surface area contributed by atoms with Gasteiger partial charge in [-0.3, -0.25) is 0 Å². The maximum absolute atomic E-state index is 5.90. The molecule has 5 heteroatoms. The molecular weight excluding hydrogens is 432 g/mol. The van der Waals surface area contributed by atoms with Gasteiger partial charge in [0.1, 0.15) is 0 Å². The Morgan fingerprint density at radius 3 is 2.38 bits per heavy atom. The Kier molecular flexibility index (Phi) is 9.03. The first kappa shape index (κ1) is 19.6. The molecular formula is C19H26Br2N2O. The van der Waals surface area contributed by atoms with Crippen LogP contribution in [-0.4, -0.2) is 10.2 Å². The number of halogens is 2. The van der Waals surface area contributed by atoms with Crippen LogP contribution >= 0.6 is 31.9 Å². The molecule has 1 heterocycles. The van der Waals surface area contributed by atoms with E-state index in [4.69, 9.17) is 4.42 Å². The molecule has 24 heavy (non-hydrogen) atoms. The van der Waals surface area contributed by atoms with Gasteiger partial charge < -0.3 is 4.42 Å². The van der Waals surface area contributed by atoms with Crippen LogP contribution in [0.2, 0.25) is 0 Å². The molecule has 0 aliphatic rings. The van der Waals surface area contributed by atoms with Crippen LogP contribution in [0.1, 0.15) is 68.9 Å². The zero-order valence-electron chi connectivity index (χ0n) is 14.4. The molecule has 2 aromatic rings. The van der Waals surface area contributed by atoms with E-state index in [0.29, 0.717) is 5.89 Å². The minimum atomic E-state index is 0.630. The van der Waals surface area contributed by atoms with Crippen LogP contribution in [0.15, 0.2) is 22.6 Å². The molecule has 0 aliphatic carbocycles. The van der Waals surface area contributed by atoms with Gasteiger partial charge in [0.25, 0.3) is 0 Å². The average Bonchev–Trinajstić information content (AvgIpc) is 3.09. The summed E-state index contributed by atoms with van der Waals surface area (Å²) in [7, 11) is 0. The second-order valence-corrected chi connectivity index (χ2v) is 7.25. The van der Waals surface area contributed by atoms with E-state index in [1.165, 1.54) is 49.7 Å². The van der Waals surface area contributed by atoms with Gasteiger partial charge in [0.05, 0.1) is 0 Å². The quantitative estimate of drug-likeness (QED) is 0.274. The number of aromatic nitrogens is 2. The topological polar surface area (TPSA) is 38.9 Å². The number of hydrogen-bond donors (Lipinski definition) is 0.